The lowest BCUT2D eigenvalue weighted by molar-refractivity contribution is -0.133. The minimum Gasteiger partial charge on any atom is -0.325 e. The fourth-order valence-corrected chi connectivity index (χ4v) is 4.38. The third-order valence-electron chi connectivity index (χ3n) is 4.31. The van der Waals surface area contributed by atoms with Crippen LogP contribution < -0.4 is 0 Å². The Hall–Kier alpha value is -1.88. The van der Waals surface area contributed by atoms with Crippen LogP contribution in [0.5, 0.6) is 0 Å². The third kappa shape index (κ3) is 3.31. The fraction of sp³-hybridized carbons (Fsp3) is 0.316. The molecule has 2 atom stereocenters. The van der Waals surface area contributed by atoms with E-state index in [1.54, 1.807) is 4.90 Å². The van der Waals surface area contributed by atoms with E-state index in [-0.39, 0.29) is 11.8 Å². The van der Waals surface area contributed by atoms with Crippen molar-refractivity contribution in [3.63, 3.8) is 0 Å². The van der Waals surface area contributed by atoms with Gasteiger partial charge in [-0.05, 0) is 18.1 Å². The van der Waals surface area contributed by atoms with Crippen molar-refractivity contribution in [1.82, 2.24) is 4.90 Å². The molecule has 0 bridgehead atoms. The molecule has 0 radical (unpaired) electrons. The summed E-state index contributed by atoms with van der Waals surface area (Å²) in [7, 11) is 0. The minimum atomic E-state index is -0.604. The summed E-state index contributed by atoms with van der Waals surface area (Å²) in [6.07, 6.45) is 0.683. The van der Waals surface area contributed by atoms with E-state index in [1.165, 1.54) is 23.9 Å². The molecule has 2 nitrogen and oxygen atoms in total. The predicted molar refractivity (Wildman–Crippen MR) is 92.7 cm³/mol. The molecule has 2 aromatic carbocycles. The van der Waals surface area contributed by atoms with Crippen molar-refractivity contribution >= 4 is 17.7 Å². The second kappa shape index (κ2) is 7.34. The van der Waals surface area contributed by atoms with Crippen molar-refractivity contribution < 1.29 is 13.6 Å². The van der Waals surface area contributed by atoms with Crippen molar-refractivity contribution in [2.24, 2.45) is 0 Å². The SMILES string of the molecule is CC[C@@H](C(=O)N1CCS[C@@H]1c1ccc(F)cc1F)c1ccccc1. The first-order valence-corrected chi connectivity index (χ1v) is 9.08. The van der Waals surface area contributed by atoms with Gasteiger partial charge in [-0.2, -0.15) is 0 Å². The average Bonchev–Trinajstić information content (AvgIpc) is 3.06. The molecule has 1 aliphatic rings. The molecule has 1 aliphatic heterocycles. The van der Waals surface area contributed by atoms with Crippen LogP contribution in [0.1, 0.15) is 35.8 Å². The van der Waals surface area contributed by atoms with E-state index in [2.05, 4.69) is 0 Å². The minimum absolute atomic E-state index is 0.00225. The highest BCUT2D eigenvalue weighted by Crippen LogP contribution is 2.41. The van der Waals surface area contributed by atoms with Crippen LogP contribution in [0.25, 0.3) is 0 Å². The van der Waals surface area contributed by atoms with Crippen molar-refractivity contribution in [2.75, 3.05) is 12.3 Å². The van der Waals surface area contributed by atoms with Gasteiger partial charge >= 0.3 is 0 Å². The highest BCUT2D eigenvalue weighted by atomic mass is 32.2. The molecule has 5 heteroatoms. The van der Waals surface area contributed by atoms with E-state index in [4.69, 9.17) is 0 Å². The number of hydrogen-bond donors (Lipinski definition) is 0. The highest BCUT2D eigenvalue weighted by Gasteiger charge is 2.35. The maximum atomic E-state index is 14.2. The molecule has 0 aromatic heterocycles. The summed E-state index contributed by atoms with van der Waals surface area (Å²) >= 11 is 1.52. The molecule has 0 N–H and O–H groups in total. The van der Waals surface area contributed by atoms with E-state index < -0.39 is 17.0 Å². The molecular weight excluding hydrogens is 328 g/mol. The lowest BCUT2D eigenvalue weighted by Gasteiger charge is -2.28. The van der Waals surface area contributed by atoms with E-state index >= 15 is 0 Å². The van der Waals surface area contributed by atoms with E-state index in [9.17, 15) is 13.6 Å². The number of thioether (sulfide) groups is 1. The third-order valence-corrected chi connectivity index (χ3v) is 5.55. The normalized spacial score (nSPS) is 18.6. The van der Waals surface area contributed by atoms with Gasteiger partial charge in [0.1, 0.15) is 17.0 Å². The first-order valence-electron chi connectivity index (χ1n) is 8.03. The summed E-state index contributed by atoms with van der Waals surface area (Å²) in [4.78, 5) is 14.8. The Bertz CT molecular complexity index is 723. The zero-order valence-corrected chi connectivity index (χ0v) is 14.2. The number of carbonyl (C=O) groups is 1. The molecule has 1 amide bonds. The molecule has 1 heterocycles. The van der Waals surface area contributed by atoms with Crippen LogP contribution in [-0.4, -0.2) is 23.1 Å². The summed E-state index contributed by atoms with van der Waals surface area (Å²) in [5.41, 5.74) is 1.34. The Morgan fingerprint density at radius 3 is 2.67 bits per heavy atom. The molecule has 0 aliphatic carbocycles. The Kier molecular flexibility index (Phi) is 5.19. The molecule has 1 saturated heterocycles. The van der Waals surface area contributed by atoms with Gasteiger partial charge in [-0.3, -0.25) is 4.79 Å². The van der Waals surface area contributed by atoms with Crippen LogP contribution in [0.2, 0.25) is 0 Å². The topological polar surface area (TPSA) is 20.3 Å². The predicted octanol–water partition coefficient (Wildman–Crippen LogP) is 4.73. The van der Waals surface area contributed by atoms with Gasteiger partial charge in [0.25, 0.3) is 0 Å². The molecule has 0 spiro atoms. The van der Waals surface area contributed by atoms with Crippen LogP contribution in [0.3, 0.4) is 0 Å². The summed E-state index contributed by atoms with van der Waals surface area (Å²) in [6.45, 7) is 2.56. The van der Waals surface area contributed by atoms with Crippen molar-refractivity contribution in [1.29, 1.82) is 0 Å². The molecule has 2 aromatic rings. The molecule has 1 fully saturated rings. The Balaban J connectivity index is 1.88. The van der Waals surface area contributed by atoms with Crippen LogP contribution in [0.4, 0.5) is 8.78 Å². The Morgan fingerprint density at radius 2 is 2.00 bits per heavy atom. The number of rotatable bonds is 4. The van der Waals surface area contributed by atoms with Gasteiger partial charge in [0.15, 0.2) is 0 Å². The zero-order chi connectivity index (χ0) is 17.1. The number of halogens is 2. The highest BCUT2D eigenvalue weighted by molar-refractivity contribution is 7.99. The van der Waals surface area contributed by atoms with Crippen LogP contribution in [0, 0.1) is 11.6 Å². The Labute approximate surface area is 144 Å². The maximum absolute atomic E-state index is 14.2. The lowest BCUT2D eigenvalue weighted by Crippen LogP contribution is -2.34. The second-order valence-corrected chi connectivity index (χ2v) is 6.98. The van der Waals surface area contributed by atoms with Crippen LogP contribution in [-0.2, 0) is 4.79 Å². The molecule has 126 valence electrons. The number of nitrogens with zero attached hydrogens (tertiary/aromatic N) is 1. The summed E-state index contributed by atoms with van der Waals surface area (Å²) < 4.78 is 27.3. The Morgan fingerprint density at radius 1 is 1.25 bits per heavy atom. The largest absolute Gasteiger partial charge is 0.325 e. The number of amides is 1. The zero-order valence-electron chi connectivity index (χ0n) is 13.4. The molecule has 0 saturated carbocycles. The van der Waals surface area contributed by atoms with Crippen LogP contribution in [0.15, 0.2) is 48.5 Å². The monoisotopic (exact) mass is 347 g/mol. The molecule has 24 heavy (non-hydrogen) atoms. The number of benzene rings is 2. The molecular formula is C19H19F2NOS. The van der Waals surface area contributed by atoms with Gasteiger partial charge in [0, 0.05) is 23.9 Å². The van der Waals surface area contributed by atoms with E-state index in [1.807, 2.05) is 37.3 Å². The van der Waals surface area contributed by atoms with Gasteiger partial charge < -0.3 is 4.90 Å². The first-order chi connectivity index (χ1) is 11.6. The number of hydrogen-bond acceptors (Lipinski definition) is 2. The van der Waals surface area contributed by atoms with Crippen LogP contribution >= 0.6 is 11.8 Å². The van der Waals surface area contributed by atoms with Crippen molar-refractivity contribution in [2.45, 2.75) is 24.6 Å². The molecule has 0 unspecified atom stereocenters. The van der Waals surface area contributed by atoms with Gasteiger partial charge in [-0.15, -0.1) is 11.8 Å². The van der Waals surface area contributed by atoms with Gasteiger partial charge in [-0.25, -0.2) is 8.78 Å². The van der Waals surface area contributed by atoms with Crippen molar-refractivity contribution in [3.05, 3.63) is 71.3 Å². The smallest absolute Gasteiger partial charge is 0.231 e. The van der Waals surface area contributed by atoms with Gasteiger partial charge in [0.2, 0.25) is 5.91 Å². The lowest BCUT2D eigenvalue weighted by atomic mass is 9.95. The summed E-state index contributed by atoms with van der Waals surface area (Å²) in [5.74, 6) is -0.690. The van der Waals surface area contributed by atoms with E-state index in [0.717, 1.165) is 17.4 Å². The summed E-state index contributed by atoms with van der Waals surface area (Å²) in [6, 6.07) is 13.2. The van der Waals surface area contributed by atoms with Gasteiger partial charge in [0.05, 0.1) is 5.92 Å². The van der Waals surface area contributed by atoms with Gasteiger partial charge in [-0.1, -0.05) is 43.3 Å². The van der Waals surface area contributed by atoms with Crippen molar-refractivity contribution in [3.8, 4) is 0 Å². The fourth-order valence-electron chi connectivity index (χ4n) is 3.09. The summed E-state index contributed by atoms with van der Waals surface area (Å²) in [5, 5.41) is -0.393. The average molecular weight is 347 g/mol. The quantitative estimate of drug-likeness (QED) is 0.797. The van der Waals surface area contributed by atoms with E-state index in [0.29, 0.717) is 18.5 Å². The second-order valence-electron chi connectivity index (χ2n) is 5.79. The number of carbonyl (C=O) groups excluding carboxylic acids is 1. The maximum Gasteiger partial charge on any atom is 0.231 e. The standard InChI is InChI=1S/C19H19F2NOS/c1-2-15(13-6-4-3-5-7-13)18(23)22-10-11-24-19(22)16-9-8-14(20)12-17(16)21/h3-9,12,15,19H,2,10-11H2,1H3/t15-,19-/m1/s1. The first kappa shape index (κ1) is 17.0. The molecule has 3 rings (SSSR count).